The molecule has 0 bridgehead atoms. The van der Waals surface area contributed by atoms with Crippen molar-refractivity contribution in [2.24, 2.45) is 5.18 Å². The van der Waals surface area contributed by atoms with Crippen molar-refractivity contribution < 1.29 is 0 Å². The Bertz CT molecular complexity index is 275. The van der Waals surface area contributed by atoms with E-state index in [4.69, 9.17) is 15.7 Å². The lowest BCUT2D eigenvalue weighted by Gasteiger charge is -1.99. The van der Waals surface area contributed by atoms with Crippen LogP contribution in [0.3, 0.4) is 0 Å². The molecule has 4 heteroatoms. The van der Waals surface area contributed by atoms with Gasteiger partial charge in [-0.2, -0.15) is 0 Å². The SMILES string of the molecule is [B]Cc1ccc([B])c(N=O)c1. The van der Waals surface area contributed by atoms with Crippen LogP contribution in [0.4, 0.5) is 5.69 Å². The van der Waals surface area contributed by atoms with Crippen LogP contribution in [0, 0.1) is 4.91 Å². The lowest BCUT2D eigenvalue weighted by atomic mass is 9.89. The monoisotopic (exact) mass is 141 g/mol. The van der Waals surface area contributed by atoms with Gasteiger partial charge in [0.1, 0.15) is 13.5 Å². The summed E-state index contributed by atoms with van der Waals surface area (Å²) in [5.41, 5.74) is 1.50. The summed E-state index contributed by atoms with van der Waals surface area (Å²) >= 11 is 0. The van der Waals surface area contributed by atoms with Crippen molar-refractivity contribution in [3.05, 3.63) is 28.7 Å². The van der Waals surface area contributed by atoms with Gasteiger partial charge in [-0.1, -0.05) is 29.5 Å². The lowest BCUT2D eigenvalue weighted by Crippen LogP contribution is -2.02. The van der Waals surface area contributed by atoms with E-state index >= 15 is 0 Å². The first-order valence-corrected chi connectivity index (χ1v) is 3.19. The molecule has 0 aromatic heterocycles. The van der Waals surface area contributed by atoms with Crippen molar-refractivity contribution in [1.82, 2.24) is 0 Å². The van der Waals surface area contributed by atoms with Gasteiger partial charge in [-0.3, -0.25) is 0 Å². The molecule has 0 aliphatic rings. The molecular weight excluding hydrogens is 136 g/mol. The second-order valence-corrected chi connectivity index (χ2v) is 2.19. The maximum Gasteiger partial charge on any atom is 0.117 e. The van der Waals surface area contributed by atoms with Crippen LogP contribution in [0.15, 0.2) is 23.4 Å². The van der Waals surface area contributed by atoms with E-state index < -0.39 is 0 Å². The molecule has 4 radical (unpaired) electrons. The second kappa shape index (κ2) is 3.37. The maximum atomic E-state index is 10.1. The molecule has 0 amide bonds. The van der Waals surface area contributed by atoms with Gasteiger partial charge in [0.15, 0.2) is 0 Å². The number of nitrogens with zero attached hydrogens (tertiary/aromatic N) is 1. The van der Waals surface area contributed by atoms with Crippen molar-refractivity contribution in [2.45, 2.75) is 6.32 Å². The van der Waals surface area contributed by atoms with Crippen LogP contribution in [0.25, 0.3) is 0 Å². The van der Waals surface area contributed by atoms with Crippen LogP contribution >= 0.6 is 0 Å². The minimum atomic E-state index is 0.257. The number of rotatable bonds is 2. The molecule has 0 saturated carbocycles. The van der Waals surface area contributed by atoms with Crippen molar-refractivity contribution in [2.75, 3.05) is 0 Å². The number of hydrogen-bond acceptors (Lipinski definition) is 2. The summed E-state index contributed by atoms with van der Waals surface area (Å²) in [4.78, 5) is 10.1. The Balaban J connectivity index is 3.12. The summed E-state index contributed by atoms with van der Waals surface area (Å²) in [6, 6.07) is 4.98. The molecule has 0 spiro atoms. The van der Waals surface area contributed by atoms with Gasteiger partial charge in [0.05, 0.1) is 7.85 Å². The van der Waals surface area contributed by atoms with Crippen molar-refractivity contribution >= 4 is 26.8 Å². The molecule has 2 nitrogen and oxygen atoms in total. The normalized spacial score (nSPS) is 9.45. The summed E-state index contributed by atoms with van der Waals surface area (Å²) in [6.45, 7) is 0. The minimum Gasteiger partial charge on any atom is -0.145 e. The van der Waals surface area contributed by atoms with Gasteiger partial charge in [-0.05, 0) is 11.2 Å². The fourth-order valence-electron chi connectivity index (χ4n) is 0.795. The van der Waals surface area contributed by atoms with Crippen LogP contribution in [0.1, 0.15) is 5.56 Å². The van der Waals surface area contributed by atoms with Crippen LogP contribution in [0.5, 0.6) is 0 Å². The van der Waals surface area contributed by atoms with Gasteiger partial charge in [0.2, 0.25) is 0 Å². The molecule has 1 aromatic carbocycles. The molecule has 11 heavy (non-hydrogen) atoms. The van der Waals surface area contributed by atoms with Crippen LogP contribution in [-0.4, -0.2) is 15.7 Å². The maximum absolute atomic E-state index is 10.1. The van der Waals surface area contributed by atoms with E-state index in [1.54, 1.807) is 18.2 Å². The molecule has 0 saturated heterocycles. The third-order valence-electron chi connectivity index (χ3n) is 1.43. The van der Waals surface area contributed by atoms with E-state index in [-0.39, 0.29) is 5.69 Å². The Morgan fingerprint density at radius 1 is 1.45 bits per heavy atom. The molecule has 0 aliphatic carbocycles. The zero-order chi connectivity index (χ0) is 8.27. The van der Waals surface area contributed by atoms with Crippen LogP contribution in [0.2, 0.25) is 0 Å². The summed E-state index contributed by atoms with van der Waals surface area (Å²) in [5, 5.41) is 2.75. The fourth-order valence-corrected chi connectivity index (χ4v) is 0.795. The fraction of sp³-hybridized carbons (Fsp3) is 0.143. The number of hydrogen-bond donors (Lipinski definition) is 0. The summed E-state index contributed by atoms with van der Waals surface area (Å²) in [5.74, 6) is 0. The molecular formula is C7H5B2NO. The Hall–Kier alpha value is -1.05. The highest BCUT2D eigenvalue weighted by Gasteiger charge is 1.97. The predicted molar refractivity (Wildman–Crippen MR) is 46.7 cm³/mol. The number of benzene rings is 1. The smallest absolute Gasteiger partial charge is 0.117 e. The molecule has 0 N–H and O–H groups in total. The molecule has 0 unspecified atom stereocenters. The van der Waals surface area contributed by atoms with E-state index in [2.05, 4.69) is 5.18 Å². The first-order valence-electron chi connectivity index (χ1n) is 3.19. The van der Waals surface area contributed by atoms with Gasteiger partial charge < -0.3 is 0 Å². The summed E-state index contributed by atoms with van der Waals surface area (Å²) in [7, 11) is 10.8. The second-order valence-electron chi connectivity index (χ2n) is 2.19. The van der Waals surface area contributed by atoms with Gasteiger partial charge in [0, 0.05) is 0 Å². The Morgan fingerprint density at radius 2 is 2.18 bits per heavy atom. The molecule has 1 rings (SSSR count). The zero-order valence-electron chi connectivity index (χ0n) is 5.95. The number of nitroso groups, excluding NO2 is 1. The highest BCUT2D eigenvalue weighted by molar-refractivity contribution is 6.35. The Kier molecular flexibility index (Phi) is 2.47. The van der Waals surface area contributed by atoms with Crippen molar-refractivity contribution in [3.63, 3.8) is 0 Å². The molecule has 0 heterocycles. The van der Waals surface area contributed by atoms with E-state index in [9.17, 15) is 4.91 Å². The largest absolute Gasteiger partial charge is 0.145 e. The molecule has 50 valence electrons. The third-order valence-corrected chi connectivity index (χ3v) is 1.43. The Morgan fingerprint density at radius 3 is 2.73 bits per heavy atom. The predicted octanol–water partition coefficient (Wildman–Crippen LogP) is 0.547. The minimum absolute atomic E-state index is 0.257. The van der Waals surface area contributed by atoms with E-state index in [0.29, 0.717) is 11.8 Å². The van der Waals surface area contributed by atoms with Crippen LogP contribution in [-0.2, 0) is 6.32 Å². The van der Waals surface area contributed by atoms with E-state index in [1.165, 1.54) is 0 Å². The highest BCUT2D eigenvalue weighted by Crippen LogP contribution is 2.09. The van der Waals surface area contributed by atoms with Crippen LogP contribution < -0.4 is 5.46 Å². The lowest BCUT2D eigenvalue weighted by molar-refractivity contribution is 1.38. The first-order chi connectivity index (χ1) is 5.27. The molecule has 0 atom stereocenters. The first kappa shape index (κ1) is 8.05. The molecule has 1 aromatic rings. The quantitative estimate of drug-likeness (QED) is 0.436. The summed E-state index contributed by atoms with van der Waals surface area (Å²) < 4.78 is 0. The highest BCUT2D eigenvalue weighted by atomic mass is 16.3. The van der Waals surface area contributed by atoms with E-state index in [0.717, 1.165) is 5.56 Å². The molecule has 0 aliphatic heterocycles. The molecule has 0 fully saturated rings. The van der Waals surface area contributed by atoms with Gasteiger partial charge in [-0.15, -0.1) is 4.91 Å². The average molecular weight is 141 g/mol. The van der Waals surface area contributed by atoms with Gasteiger partial charge >= 0.3 is 0 Å². The zero-order valence-corrected chi connectivity index (χ0v) is 5.95. The topological polar surface area (TPSA) is 29.4 Å². The average Bonchev–Trinajstić information content (AvgIpc) is 2.05. The van der Waals surface area contributed by atoms with Crippen molar-refractivity contribution in [1.29, 1.82) is 0 Å². The van der Waals surface area contributed by atoms with Gasteiger partial charge in [-0.25, -0.2) is 0 Å². The third kappa shape index (κ3) is 1.70. The van der Waals surface area contributed by atoms with Crippen molar-refractivity contribution in [3.8, 4) is 0 Å². The van der Waals surface area contributed by atoms with E-state index in [1.807, 2.05) is 0 Å². The Labute approximate surface area is 67.8 Å². The summed E-state index contributed by atoms with van der Waals surface area (Å²) in [6.07, 6.45) is 0.392. The van der Waals surface area contributed by atoms with Gasteiger partial charge in [0.25, 0.3) is 0 Å². The standard InChI is InChI=1S/C7H5B2NO/c8-4-5-1-2-6(9)7(3-5)10-11/h1-3H,4H2.